The number of hydrogen-bond donors (Lipinski definition) is 0. The van der Waals surface area contributed by atoms with Crippen LogP contribution in [-0.2, 0) is 24.8 Å². The molecule has 0 saturated carbocycles. The second-order valence-corrected chi connectivity index (χ2v) is 4.95. The highest BCUT2D eigenvalue weighted by Gasteiger charge is 2.25. The van der Waals surface area contributed by atoms with Gasteiger partial charge in [0.1, 0.15) is 0 Å². The first-order valence-electron chi connectivity index (χ1n) is 6.52. The number of amides is 1. The summed E-state index contributed by atoms with van der Waals surface area (Å²) in [7, 11) is 1.98. The molecule has 1 amide bonds. The van der Waals surface area contributed by atoms with Gasteiger partial charge in [0.25, 0.3) is 0 Å². The van der Waals surface area contributed by atoms with Crippen molar-refractivity contribution >= 4 is 5.91 Å². The molecule has 1 aliphatic heterocycles. The first kappa shape index (κ1) is 12.0. The maximum Gasteiger partial charge on any atom is 0.219 e. The van der Waals surface area contributed by atoms with E-state index in [2.05, 4.69) is 17.2 Å². The summed E-state index contributed by atoms with van der Waals surface area (Å²) in [6.45, 7) is 3.09. The summed E-state index contributed by atoms with van der Waals surface area (Å²) in [6.07, 6.45) is 0.880. The Balaban J connectivity index is 2.07. The van der Waals surface area contributed by atoms with E-state index < -0.39 is 0 Å². The number of hydrogen-bond acceptors (Lipinski definition) is 2. The number of aryl methyl sites for hydroxylation is 1. The highest BCUT2D eigenvalue weighted by atomic mass is 16.2. The van der Waals surface area contributed by atoms with Crippen LogP contribution in [0.25, 0.3) is 11.3 Å². The summed E-state index contributed by atoms with van der Waals surface area (Å²) in [5.74, 6) is 0.133. The largest absolute Gasteiger partial charge is 0.338 e. The zero-order valence-electron chi connectivity index (χ0n) is 11.3. The van der Waals surface area contributed by atoms with Crippen molar-refractivity contribution in [3.63, 3.8) is 0 Å². The van der Waals surface area contributed by atoms with Crippen molar-refractivity contribution in [1.29, 1.82) is 0 Å². The van der Waals surface area contributed by atoms with Crippen LogP contribution >= 0.6 is 0 Å². The Kier molecular flexibility index (Phi) is 2.85. The molecule has 0 saturated heterocycles. The van der Waals surface area contributed by atoms with Crippen LogP contribution in [0.5, 0.6) is 0 Å². The zero-order chi connectivity index (χ0) is 13.4. The molecule has 1 aliphatic rings. The number of aromatic nitrogens is 2. The maximum absolute atomic E-state index is 11.6. The maximum atomic E-state index is 11.6. The van der Waals surface area contributed by atoms with E-state index in [9.17, 15) is 4.79 Å². The fourth-order valence-electron chi connectivity index (χ4n) is 2.69. The summed E-state index contributed by atoms with van der Waals surface area (Å²) >= 11 is 0. The molecule has 1 aromatic carbocycles. The predicted octanol–water partition coefficient (Wildman–Crippen LogP) is 1.99. The number of benzene rings is 1. The lowest BCUT2D eigenvalue weighted by Crippen LogP contribution is -2.34. The van der Waals surface area contributed by atoms with Gasteiger partial charge in [-0.15, -0.1) is 0 Å². The van der Waals surface area contributed by atoms with E-state index in [4.69, 9.17) is 0 Å². The molecular formula is C15H17N3O. The van der Waals surface area contributed by atoms with Crippen LogP contribution in [0.1, 0.15) is 18.2 Å². The zero-order valence-corrected chi connectivity index (χ0v) is 11.3. The lowest BCUT2D eigenvalue weighted by Gasteiger charge is -2.26. The third kappa shape index (κ3) is 2.03. The minimum Gasteiger partial charge on any atom is -0.338 e. The van der Waals surface area contributed by atoms with Gasteiger partial charge in [0.15, 0.2) is 0 Å². The average Bonchev–Trinajstić information content (AvgIpc) is 2.77. The molecule has 4 nitrogen and oxygen atoms in total. The van der Waals surface area contributed by atoms with E-state index in [1.807, 2.05) is 34.8 Å². The molecule has 2 aromatic rings. The molecule has 0 N–H and O–H groups in total. The molecule has 0 aliphatic carbocycles. The summed E-state index contributed by atoms with van der Waals surface area (Å²) in [4.78, 5) is 13.4. The van der Waals surface area contributed by atoms with E-state index >= 15 is 0 Å². The molecule has 0 bridgehead atoms. The van der Waals surface area contributed by atoms with Crippen molar-refractivity contribution in [2.75, 3.05) is 6.54 Å². The van der Waals surface area contributed by atoms with Crippen LogP contribution in [0.3, 0.4) is 0 Å². The van der Waals surface area contributed by atoms with Gasteiger partial charge >= 0.3 is 0 Å². The molecule has 1 aromatic heterocycles. The quantitative estimate of drug-likeness (QED) is 0.781. The summed E-state index contributed by atoms with van der Waals surface area (Å²) in [5, 5.41) is 4.63. The minimum absolute atomic E-state index is 0.133. The molecule has 0 fully saturated rings. The van der Waals surface area contributed by atoms with Gasteiger partial charge in [-0.2, -0.15) is 5.10 Å². The van der Waals surface area contributed by atoms with Gasteiger partial charge in [-0.3, -0.25) is 9.48 Å². The fraction of sp³-hybridized carbons (Fsp3) is 0.333. The highest BCUT2D eigenvalue weighted by molar-refractivity contribution is 5.74. The van der Waals surface area contributed by atoms with Crippen molar-refractivity contribution in [1.82, 2.24) is 14.7 Å². The van der Waals surface area contributed by atoms with Crippen LogP contribution in [-0.4, -0.2) is 27.1 Å². The number of fused-ring (bicyclic) bond motifs is 1. The Morgan fingerprint density at radius 3 is 2.68 bits per heavy atom. The first-order chi connectivity index (χ1) is 9.16. The highest BCUT2D eigenvalue weighted by Crippen LogP contribution is 2.29. The third-order valence-electron chi connectivity index (χ3n) is 3.73. The number of carbonyl (C=O) groups excluding carboxylic acids is 1. The predicted molar refractivity (Wildman–Crippen MR) is 73.4 cm³/mol. The molecule has 0 radical (unpaired) electrons. The normalized spacial score (nSPS) is 14.3. The molecule has 4 heteroatoms. The molecule has 19 heavy (non-hydrogen) atoms. The fourth-order valence-corrected chi connectivity index (χ4v) is 2.69. The molecule has 98 valence electrons. The Hall–Kier alpha value is -2.10. The van der Waals surface area contributed by atoms with Gasteiger partial charge < -0.3 is 4.90 Å². The van der Waals surface area contributed by atoms with Crippen molar-refractivity contribution in [2.24, 2.45) is 7.05 Å². The van der Waals surface area contributed by atoms with Crippen LogP contribution < -0.4 is 0 Å². The van der Waals surface area contributed by atoms with Gasteiger partial charge in [0, 0.05) is 50.3 Å². The SMILES string of the molecule is CC(=O)N1CCc2c(c(-c3ccccc3)nn2C)C1. The second-order valence-electron chi connectivity index (χ2n) is 4.95. The summed E-state index contributed by atoms with van der Waals surface area (Å²) < 4.78 is 1.95. The smallest absolute Gasteiger partial charge is 0.219 e. The molecule has 2 heterocycles. The third-order valence-corrected chi connectivity index (χ3v) is 3.73. The summed E-state index contributed by atoms with van der Waals surface area (Å²) in [5.41, 5.74) is 4.56. The topological polar surface area (TPSA) is 38.1 Å². The van der Waals surface area contributed by atoms with Crippen molar-refractivity contribution in [3.05, 3.63) is 41.6 Å². The van der Waals surface area contributed by atoms with E-state index in [1.54, 1.807) is 6.92 Å². The summed E-state index contributed by atoms with van der Waals surface area (Å²) in [6, 6.07) is 10.2. The Bertz CT molecular complexity index is 616. The van der Waals surface area contributed by atoms with Crippen LogP contribution in [0.4, 0.5) is 0 Å². The first-order valence-corrected chi connectivity index (χ1v) is 6.52. The van der Waals surface area contributed by atoms with Crippen molar-refractivity contribution in [3.8, 4) is 11.3 Å². The monoisotopic (exact) mass is 255 g/mol. The Morgan fingerprint density at radius 1 is 1.26 bits per heavy atom. The van der Waals surface area contributed by atoms with Gasteiger partial charge in [-0.05, 0) is 0 Å². The molecule has 0 atom stereocenters. The molecule has 0 spiro atoms. The van der Waals surface area contributed by atoms with Crippen molar-refractivity contribution in [2.45, 2.75) is 19.9 Å². The second kappa shape index (κ2) is 4.53. The molecule has 0 unspecified atom stereocenters. The molecule has 3 rings (SSSR count). The van der Waals surface area contributed by atoms with E-state index in [-0.39, 0.29) is 5.91 Å². The van der Waals surface area contributed by atoms with E-state index in [0.717, 1.165) is 24.2 Å². The number of nitrogens with zero attached hydrogens (tertiary/aromatic N) is 3. The standard InChI is InChI=1S/C15H17N3O/c1-11(19)18-9-8-14-13(10-18)15(16-17(14)2)12-6-4-3-5-7-12/h3-7H,8-10H2,1-2H3. The van der Waals surface area contributed by atoms with E-state index in [0.29, 0.717) is 6.54 Å². The lowest BCUT2D eigenvalue weighted by molar-refractivity contribution is -0.129. The van der Waals surface area contributed by atoms with Gasteiger partial charge in [-0.25, -0.2) is 0 Å². The van der Waals surface area contributed by atoms with Crippen LogP contribution in [0, 0.1) is 0 Å². The lowest BCUT2D eigenvalue weighted by atomic mass is 10.0. The van der Waals surface area contributed by atoms with Gasteiger partial charge in [0.05, 0.1) is 5.69 Å². The van der Waals surface area contributed by atoms with Crippen LogP contribution in [0.15, 0.2) is 30.3 Å². The van der Waals surface area contributed by atoms with Crippen LogP contribution in [0.2, 0.25) is 0 Å². The van der Waals surface area contributed by atoms with Gasteiger partial charge in [-0.1, -0.05) is 30.3 Å². The number of carbonyl (C=O) groups is 1. The minimum atomic E-state index is 0.133. The van der Waals surface area contributed by atoms with Gasteiger partial charge in [0.2, 0.25) is 5.91 Å². The number of rotatable bonds is 1. The Morgan fingerprint density at radius 2 is 2.00 bits per heavy atom. The Labute approximate surface area is 112 Å². The van der Waals surface area contributed by atoms with E-state index in [1.165, 1.54) is 11.3 Å². The average molecular weight is 255 g/mol. The van der Waals surface area contributed by atoms with Crippen molar-refractivity contribution < 1.29 is 4.79 Å². The molecular weight excluding hydrogens is 238 g/mol.